The summed E-state index contributed by atoms with van der Waals surface area (Å²) in [6, 6.07) is 0. The maximum atomic E-state index is 11.5. The van der Waals surface area contributed by atoms with Crippen LogP contribution in [0.4, 0.5) is 0 Å². The van der Waals surface area contributed by atoms with Gasteiger partial charge in [0.25, 0.3) is 0 Å². The van der Waals surface area contributed by atoms with Crippen LogP contribution in [0, 0.1) is 11.8 Å². The van der Waals surface area contributed by atoms with Gasteiger partial charge in [0.15, 0.2) is 0 Å². The van der Waals surface area contributed by atoms with Gasteiger partial charge < -0.3 is 9.47 Å². The Bertz CT molecular complexity index is 225. The van der Waals surface area contributed by atoms with E-state index in [1.807, 2.05) is 20.8 Å². The Morgan fingerprint density at radius 2 is 2.08 bits per heavy atom. The number of carbonyl (C=O) groups is 1. The molecule has 0 amide bonds. The number of hydrogen-bond acceptors (Lipinski definition) is 3. The first-order valence-electron chi connectivity index (χ1n) is 4.82. The van der Waals surface area contributed by atoms with Gasteiger partial charge in [-0.15, -0.1) is 0 Å². The highest BCUT2D eigenvalue weighted by molar-refractivity contribution is 5.76. The lowest BCUT2D eigenvalue weighted by molar-refractivity contribution is -0.156. The molecule has 3 heteroatoms. The number of rotatable bonds is 2. The van der Waals surface area contributed by atoms with Crippen molar-refractivity contribution < 1.29 is 14.3 Å². The lowest BCUT2D eigenvalue weighted by atomic mass is 10.2. The third-order valence-electron chi connectivity index (χ3n) is 2.39. The van der Waals surface area contributed by atoms with Crippen molar-refractivity contribution in [3.8, 4) is 0 Å². The smallest absolute Gasteiger partial charge is 0.309 e. The Kier molecular flexibility index (Phi) is 1.88. The Hall–Kier alpha value is -0.570. The van der Waals surface area contributed by atoms with Crippen molar-refractivity contribution >= 4 is 5.97 Å². The molecule has 3 atom stereocenters. The van der Waals surface area contributed by atoms with E-state index in [-0.39, 0.29) is 17.5 Å². The van der Waals surface area contributed by atoms with Gasteiger partial charge in [-0.3, -0.25) is 4.79 Å². The second-order valence-corrected chi connectivity index (χ2v) is 4.91. The topological polar surface area (TPSA) is 38.8 Å². The molecule has 13 heavy (non-hydrogen) atoms. The summed E-state index contributed by atoms with van der Waals surface area (Å²) in [5.41, 5.74) is -0.353. The van der Waals surface area contributed by atoms with Crippen LogP contribution in [-0.2, 0) is 14.3 Å². The van der Waals surface area contributed by atoms with E-state index in [9.17, 15) is 4.79 Å². The zero-order chi connectivity index (χ0) is 9.64. The molecule has 0 N–H and O–H groups in total. The molecule has 2 aliphatic rings. The van der Waals surface area contributed by atoms with Gasteiger partial charge in [0.05, 0.1) is 18.6 Å². The van der Waals surface area contributed by atoms with E-state index in [0.717, 1.165) is 13.0 Å². The van der Waals surface area contributed by atoms with Crippen molar-refractivity contribution in [2.45, 2.75) is 38.9 Å². The molecule has 0 bridgehead atoms. The Morgan fingerprint density at radius 3 is 2.54 bits per heavy atom. The summed E-state index contributed by atoms with van der Waals surface area (Å²) in [7, 11) is 0. The normalized spacial score (nSPS) is 37.0. The van der Waals surface area contributed by atoms with Crippen LogP contribution in [0.2, 0.25) is 0 Å². The molecular weight excluding hydrogens is 168 g/mol. The van der Waals surface area contributed by atoms with Crippen molar-refractivity contribution in [1.29, 1.82) is 0 Å². The molecule has 0 radical (unpaired) electrons. The minimum absolute atomic E-state index is 0.0481. The molecule has 1 aliphatic carbocycles. The molecule has 0 spiro atoms. The lowest BCUT2D eigenvalue weighted by Gasteiger charge is -2.19. The molecule has 2 rings (SSSR count). The van der Waals surface area contributed by atoms with Gasteiger partial charge in [-0.05, 0) is 27.2 Å². The third kappa shape index (κ3) is 2.21. The number of hydrogen-bond donors (Lipinski definition) is 0. The quantitative estimate of drug-likeness (QED) is 0.480. The van der Waals surface area contributed by atoms with E-state index in [1.165, 1.54) is 0 Å². The highest BCUT2D eigenvalue weighted by atomic mass is 16.6. The first-order valence-corrected chi connectivity index (χ1v) is 4.82. The molecule has 74 valence electrons. The molecule has 0 aromatic rings. The van der Waals surface area contributed by atoms with Crippen LogP contribution >= 0.6 is 0 Å². The predicted octanol–water partition coefficient (Wildman–Crippen LogP) is 1.36. The first kappa shape index (κ1) is 9.00. The summed E-state index contributed by atoms with van der Waals surface area (Å²) in [6.07, 6.45) is 1.32. The van der Waals surface area contributed by atoms with Gasteiger partial charge in [-0.1, -0.05) is 0 Å². The van der Waals surface area contributed by atoms with E-state index in [4.69, 9.17) is 9.47 Å². The standard InChI is InChI=1S/C10H16O3/c1-10(2,3)13-9(11)7-4-6(7)8-5-12-8/h6-8H,4-5H2,1-3H3/t6-,7-,8?/m1/s1. The molecule has 2 fully saturated rings. The van der Waals surface area contributed by atoms with Crippen molar-refractivity contribution in [2.75, 3.05) is 6.61 Å². The molecular formula is C10H16O3. The summed E-state index contributed by atoms with van der Waals surface area (Å²) in [6.45, 7) is 6.53. The molecule has 1 heterocycles. The van der Waals surface area contributed by atoms with Gasteiger partial charge in [-0.2, -0.15) is 0 Å². The average Bonchev–Trinajstić information content (AvgIpc) is 2.79. The van der Waals surface area contributed by atoms with Crippen molar-refractivity contribution in [2.24, 2.45) is 11.8 Å². The predicted molar refractivity (Wildman–Crippen MR) is 47.2 cm³/mol. The number of carbonyl (C=O) groups excluding carboxylic acids is 1. The Balaban J connectivity index is 1.79. The molecule has 3 nitrogen and oxygen atoms in total. The van der Waals surface area contributed by atoms with Crippen LogP contribution in [0.3, 0.4) is 0 Å². The summed E-state index contributed by atoms with van der Waals surface area (Å²) in [4.78, 5) is 11.5. The van der Waals surface area contributed by atoms with E-state index in [2.05, 4.69) is 0 Å². The van der Waals surface area contributed by atoms with Crippen molar-refractivity contribution in [1.82, 2.24) is 0 Å². The van der Waals surface area contributed by atoms with Crippen LogP contribution in [-0.4, -0.2) is 24.3 Å². The number of epoxide rings is 1. The molecule has 1 saturated heterocycles. The van der Waals surface area contributed by atoms with Crippen LogP contribution in [0.25, 0.3) is 0 Å². The van der Waals surface area contributed by atoms with Crippen molar-refractivity contribution in [3.05, 3.63) is 0 Å². The van der Waals surface area contributed by atoms with Crippen molar-refractivity contribution in [3.63, 3.8) is 0 Å². The minimum Gasteiger partial charge on any atom is -0.460 e. The van der Waals surface area contributed by atoms with Gasteiger partial charge in [0.2, 0.25) is 0 Å². The van der Waals surface area contributed by atoms with Gasteiger partial charge in [-0.25, -0.2) is 0 Å². The summed E-state index contributed by atoms with van der Waals surface area (Å²) in [5.74, 6) is 0.523. The SMILES string of the molecule is CC(C)(C)OC(=O)[C@@H]1C[C@H]1C1CO1. The van der Waals surface area contributed by atoms with Crippen LogP contribution in [0.5, 0.6) is 0 Å². The Morgan fingerprint density at radius 1 is 1.46 bits per heavy atom. The molecule has 1 aliphatic heterocycles. The second-order valence-electron chi connectivity index (χ2n) is 4.91. The first-order chi connectivity index (χ1) is 5.97. The highest BCUT2D eigenvalue weighted by Gasteiger charge is 2.54. The minimum atomic E-state index is -0.353. The highest BCUT2D eigenvalue weighted by Crippen LogP contribution is 2.47. The summed E-state index contributed by atoms with van der Waals surface area (Å²) >= 11 is 0. The fourth-order valence-electron chi connectivity index (χ4n) is 1.58. The maximum absolute atomic E-state index is 11.5. The fraction of sp³-hybridized carbons (Fsp3) is 0.900. The Labute approximate surface area is 78.4 Å². The molecule has 0 aromatic carbocycles. The van der Waals surface area contributed by atoms with Crippen LogP contribution in [0.1, 0.15) is 27.2 Å². The van der Waals surface area contributed by atoms with E-state index < -0.39 is 0 Å². The summed E-state index contributed by atoms with van der Waals surface area (Å²) < 4.78 is 10.4. The molecule has 0 aromatic heterocycles. The lowest BCUT2D eigenvalue weighted by Crippen LogP contribution is -2.25. The average molecular weight is 184 g/mol. The zero-order valence-electron chi connectivity index (χ0n) is 8.37. The number of esters is 1. The fourth-order valence-corrected chi connectivity index (χ4v) is 1.58. The monoisotopic (exact) mass is 184 g/mol. The van der Waals surface area contributed by atoms with Gasteiger partial charge >= 0.3 is 5.97 Å². The van der Waals surface area contributed by atoms with E-state index in [1.54, 1.807) is 0 Å². The van der Waals surface area contributed by atoms with Crippen LogP contribution in [0.15, 0.2) is 0 Å². The second kappa shape index (κ2) is 2.71. The van der Waals surface area contributed by atoms with Gasteiger partial charge in [0, 0.05) is 5.92 Å². The largest absolute Gasteiger partial charge is 0.460 e. The summed E-state index contributed by atoms with van der Waals surface area (Å²) in [5, 5.41) is 0. The zero-order valence-corrected chi connectivity index (χ0v) is 8.37. The third-order valence-corrected chi connectivity index (χ3v) is 2.39. The van der Waals surface area contributed by atoms with E-state index in [0.29, 0.717) is 12.0 Å². The molecule has 1 unspecified atom stereocenters. The van der Waals surface area contributed by atoms with Gasteiger partial charge in [0.1, 0.15) is 5.60 Å². The maximum Gasteiger partial charge on any atom is 0.309 e. The number of ether oxygens (including phenoxy) is 2. The van der Waals surface area contributed by atoms with Crippen LogP contribution < -0.4 is 0 Å². The van der Waals surface area contributed by atoms with E-state index >= 15 is 0 Å². The molecule has 1 saturated carbocycles.